The second-order valence-electron chi connectivity index (χ2n) is 2.72. The second-order valence-corrected chi connectivity index (χ2v) is 4.11. The average molecular weight is 280 g/mol. The Hall–Kier alpha value is -0.740. The SMILES string of the molecule is C=C(Cl)CNc1cc(F)c(Br)cc1N. The van der Waals surface area contributed by atoms with Crippen molar-refractivity contribution in [1.29, 1.82) is 0 Å². The third-order valence-corrected chi connectivity index (χ3v) is 2.30. The third-order valence-electron chi connectivity index (χ3n) is 1.56. The zero-order valence-electron chi connectivity index (χ0n) is 7.28. The van der Waals surface area contributed by atoms with Crippen molar-refractivity contribution in [2.75, 3.05) is 17.6 Å². The van der Waals surface area contributed by atoms with Gasteiger partial charge in [0.2, 0.25) is 0 Å². The lowest BCUT2D eigenvalue weighted by Crippen LogP contribution is -2.04. The molecule has 0 atom stereocenters. The molecule has 1 aromatic carbocycles. The van der Waals surface area contributed by atoms with Gasteiger partial charge in [0.05, 0.1) is 22.4 Å². The number of nitrogens with one attached hydrogen (secondary N) is 1. The van der Waals surface area contributed by atoms with Crippen molar-refractivity contribution in [2.24, 2.45) is 0 Å². The van der Waals surface area contributed by atoms with E-state index in [4.69, 9.17) is 17.3 Å². The first-order chi connectivity index (χ1) is 6.50. The lowest BCUT2D eigenvalue weighted by Gasteiger charge is -2.09. The van der Waals surface area contributed by atoms with Crippen LogP contribution in [0.3, 0.4) is 0 Å². The molecule has 1 aromatic rings. The van der Waals surface area contributed by atoms with Gasteiger partial charge in [0.15, 0.2) is 0 Å². The van der Waals surface area contributed by atoms with Crippen LogP contribution < -0.4 is 11.1 Å². The van der Waals surface area contributed by atoms with E-state index in [2.05, 4.69) is 27.8 Å². The van der Waals surface area contributed by atoms with Crippen molar-refractivity contribution in [3.8, 4) is 0 Å². The van der Waals surface area contributed by atoms with Crippen molar-refractivity contribution >= 4 is 38.9 Å². The Bertz CT molecular complexity index is 368. The summed E-state index contributed by atoms with van der Waals surface area (Å²) in [7, 11) is 0. The Balaban J connectivity index is 2.87. The number of hydrogen-bond donors (Lipinski definition) is 2. The topological polar surface area (TPSA) is 38.0 Å². The van der Waals surface area contributed by atoms with Gasteiger partial charge in [0, 0.05) is 11.1 Å². The zero-order chi connectivity index (χ0) is 10.7. The van der Waals surface area contributed by atoms with Gasteiger partial charge in [0.1, 0.15) is 5.82 Å². The summed E-state index contributed by atoms with van der Waals surface area (Å²) in [5, 5.41) is 3.30. The molecular formula is C9H9BrClFN2. The van der Waals surface area contributed by atoms with E-state index in [0.717, 1.165) is 0 Å². The number of hydrogen-bond acceptors (Lipinski definition) is 2. The highest BCUT2D eigenvalue weighted by Gasteiger charge is 2.05. The molecule has 0 heterocycles. The van der Waals surface area contributed by atoms with E-state index in [0.29, 0.717) is 27.4 Å². The highest BCUT2D eigenvalue weighted by atomic mass is 79.9. The first-order valence-corrected chi connectivity index (χ1v) is 4.99. The van der Waals surface area contributed by atoms with Crippen LogP contribution in [0, 0.1) is 5.82 Å². The predicted octanol–water partition coefficient (Wildman–Crippen LogP) is 3.33. The quantitative estimate of drug-likeness (QED) is 0.833. The van der Waals surface area contributed by atoms with E-state index in [-0.39, 0.29) is 5.82 Å². The predicted molar refractivity (Wildman–Crippen MR) is 62.0 cm³/mol. The molecule has 0 aliphatic carbocycles. The molecule has 1 rings (SSSR count). The molecule has 0 amide bonds. The van der Waals surface area contributed by atoms with Gasteiger partial charge < -0.3 is 11.1 Å². The number of anilines is 2. The zero-order valence-corrected chi connectivity index (χ0v) is 9.62. The summed E-state index contributed by atoms with van der Waals surface area (Å²) in [6, 6.07) is 2.80. The van der Waals surface area contributed by atoms with Gasteiger partial charge >= 0.3 is 0 Å². The van der Waals surface area contributed by atoms with Gasteiger partial charge in [-0.2, -0.15) is 0 Å². The molecule has 2 nitrogen and oxygen atoms in total. The molecule has 14 heavy (non-hydrogen) atoms. The molecule has 0 aliphatic rings. The summed E-state index contributed by atoms with van der Waals surface area (Å²) < 4.78 is 13.4. The molecule has 0 unspecified atom stereocenters. The van der Waals surface area contributed by atoms with Gasteiger partial charge in [-0.05, 0) is 22.0 Å². The molecule has 0 saturated carbocycles. The average Bonchev–Trinajstić information content (AvgIpc) is 2.09. The number of nitrogens with two attached hydrogens (primary N) is 1. The normalized spacial score (nSPS) is 9.93. The van der Waals surface area contributed by atoms with Crippen molar-refractivity contribution in [3.05, 3.63) is 34.0 Å². The molecule has 5 heteroatoms. The minimum Gasteiger partial charge on any atom is -0.397 e. The van der Waals surface area contributed by atoms with Crippen LogP contribution in [0.25, 0.3) is 0 Å². The second kappa shape index (κ2) is 4.66. The van der Waals surface area contributed by atoms with Crippen molar-refractivity contribution in [1.82, 2.24) is 0 Å². The maximum Gasteiger partial charge on any atom is 0.139 e. The summed E-state index contributed by atoms with van der Waals surface area (Å²) in [6.45, 7) is 3.85. The summed E-state index contributed by atoms with van der Waals surface area (Å²) in [5.74, 6) is -0.373. The first kappa shape index (κ1) is 11.3. The van der Waals surface area contributed by atoms with E-state index in [1.807, 2.05) is 0 Å². The number of halogens is 3. The third kappa shape index (κ3) is 2.89. The van der Waals surface area contributed by atoms with Gasteiger partial charge in [-0.15, -0.1) is 0 Å². The highest BCUT2D eigenvalue weighted by molar-refractivity contribution is 9.10. The van der Waals surface area contributed by atoms with Crippen molar-refractivity contribution < 1.29 is 4.39 Å². The van der Waals surface area contributed by atoms with Crippen LogP contribution in [0.2, 0.25) is 0 Å². The molecule has 3 N–H and O–H groups in total. The Labute approximate surface area is 95.1 Å². The summed E-state index contributed by atoms with van der Waals surface area (Å²) in [4.78, 5) is 0. The summed E-state index contributed by atoms with van der Waals surface area (Å²) in [6.07, 6.45) is 0. The van der Waals surface area contributed by atoms with Gasteiger partial charge in [-0.1, -0.05) is 18.2 Å². The van der Waals surface area contributed by atoms with Gasteiger partial charge in [-0.3, -0.25) is 0 Å². The van der Waals surface area contributed by atoms with Crippen molar-refractivity contribution in [2.45, 2.75) is 0 Å². The smallest absolute Gasteiger partial charge is 0.139 e. The molecule has 0 radical (unpaired) electrons. The molecule has 0 bridgehead atoms. The van der Waals surface area contributed by atoms with E-state index in [9.17, 15) is 4.39 Å². The maximum atomic E-state index is 13.1. The van der Waals surface area contributed by atoms with Gasteiger partial charge in [-0.25, -0.2) is 4.39 Å². The molecule has 0 fully saturated rings. The fourth-order valence-corrected chi connectivity index (χ4v) is 1.33. The molecule has 0 spiro atoms. The van der Waals surface area contributed by atoms with E-state index in [1.165, 1.54) is 12.1 Å². The molecule has 0 saturated heterocycles. The highest BCUT2D eigenvalue weighted by Crippen LogP contribution is 2.26. The lowest BCUT2D eigenvalue weighted by atomic mass is 10.2. The Morgan fingerprint density at radius 2 is 2.29 bits per heavy atom. The van der Waals surface area contributed by atoms with E-state index >= 15 is 0 Å². The van der Waals surface area contributed by atoms with Crippen LogP contribution >= 0.6 is 27.5 Å². The molecule has 0 aliphatic heterocycles. The summed E-state index contributed by atoms with van der Waals surface area (Å²) >= 11 is 8.58. The minimum absolute atomic E-state index is 0.338. The van der Waals surface area contributed by atoms with Crippen LogP contribution in [-0.4, -0.2) is 6.54 Å². The van der Waals surface area contributed by atoms with Crippen LogP contribution in [0.1, 0.15) is 0 Å². The van der Waals surface area contributed by atoms with Crippen LogP contribution in [0.4, 0.5) is 15.8 Å². The monoisotopic (exact) mass is 278 g/mol. The molecule has 76 valence electrons. The first-order valence-electron chi connectivity index (χ1n) is 3.82. The Morgan fingerprint density at radius 3 is 2.86 bits per heavy atom. The molecular weight excluding hydrogens is 270 g/mol. The van der Waals surface area contributed by atoms with Crippen LogP contribution in [-0.2, 0) is 0 Å². The lowest BCUT2D eigenvalue weighted by molar-refractivity contribution is 0.622. The van der Waals surface area contributed by atoms with Gasteiger partial charge in [0.25, 0.3) is 0 Å². The van der Waals surface area contributed by atoms with Crippen molar-refractivity contribution in [3.63, 3.8) is 0 Å². The largest absolute Gasteiger partial charge is 0.397 e. The van der Waals surface area contributed by atoms with E-state index < -0.39 is 0 Å². The van der Waals surface area contributed by atoms with Crippen LogP contribution in [0.5, 0.6) is 0 Å². The Kier molecular flexibility index (Phi) is 3.77. The fraction of sp³-hybridized carbons (Fsp3) is 0.111. The fourth-order valence-electron chi connectivity index (χ4n) is 0.906. The number of nitrogen functional groups attached to an aromatic ring is 1. The minimum atomic E-state index is -0.373. The molecule has 0 aromatic heterocycles. The number of rotatable bonds is 3. The number of benzene rings is 1. The Morgan fingerprint density at radius 1 is 1.64 bits per heavy atom. The summed E-state index contributed by atoms with van der Waals surface area (Å²) in [5.41, 5.74) is 6.61. The maximum absolute atomic E-state index is 13.1. The van der Waals surface area contributed by atoms with Crippen LogP contribution in [0.15, 0.2) is 28.2 Å². The standard InChI is InChI=1S/C9H9BrClFN2/c1-5(11)4-14-9-3-7(12)6(10)2-8(9)13/h2-3,14H,1,4,13H2. The van der Waals surface area contributed by atoms with E-state index in [1.54, 1.807) is 0 Å².